The summed E-state index contributed by atoms with van der Waals surface area (Å²) in [7, 11) is 1.89. The van der Waals surface area contributed by atoms with Gasteiger partial charge in [-0.1, -0.05) is 13.0 Å². The van der Waals surface area contributed by atoms with Gasteiger partial charge in [0.2, 0.25) is 0 Å². The van der Waals surface area contributed by atoms with Crippen LogP contribution in [0.3, 0.4) is 0 Å². The smallest absolute Gasteiger partial charge is 0.193 e. The summed E-state index contributed by atoms with van der Waals surface area (Å²) >= 11 is 0. The molecule has 0 aliphatic carbocycles. The van der Waals surface area contributed by atoms with Gasteiger partial charge in [-0.3, -0.25) is 14.7 Å². The average molecular weight is 257 g/mol. The number of likely N-dealkylation sites (N-methyl/N-ethyl adjacent to an activating group) is 1. The quantitative estimate of drug-likeness (QED) is 0.744. The third-order valence-electron chi connectivity index (χ3n) is 3.16. The maximum Gasteiger partial charge on any atom is 0.193 e. The Morgan fingerprint density at radius 1 is 1.32 bits per heavy atom. The molecular formula is C15H19N3O. The Labute approximate surface area is 113 Å². The van der Waals surface area contributed by atoms with Crippen LogP contribution in [-0.2, 0) is 13.6 Å². The number of Topliss-reactive ketones (excluding diaryl/α,β-unsaturated/α-hetero) is 1. The second-order valence-electron chi connectivity index (χ2n) is 4.55. The molecule has 2 aromatic rings. The summed E-state index contributed by atoms with van der Waals surface area (Å²) in [5.41, 5.74) is 1.74. The molecule has 2 heterocycles. The number of carbonyl (C=O) groups is 1. The summed E-state index contributed by atoms with van der Waals surface area (Å²) in [6.45, 7) is 4.01. The molecule has 0 N–H and O–H groups in total. The Morgan fingerprint density at radius 2 is 2.16 bits per heavy atom. The van der Waals surface area contributed by atoms with Crippen LogP contribution in [-0.4, -0.2) is 33.3 Å². The SMILES string of the molecule is CCN(CC(=O)c1cccn1C)Cc1ccccn1. The molecular weight excluding hydrogens is 238 g/mol. The van der Waals surface area contributed by atoms with Crippen molar-refractivity contribution in [3.63, 3.8) is 0 Å². The lowest BCUT2D eigenvalue weighted by Crippen LogP contribution is -2.30. The molecule has 4 heteroatoms. The number of nitrogens with zero attached hydrogens (tertiary/aromatic N) is 3. The fourth-order valence-corrected chi connectivity index (χ4v) is 2.04. The van der Waals surface area contributed by atoms with Gasteiger partial charge < -0.3 is 4.57 Å². The summed E-state index contributed by atoms with van der Waals surface area (Å²) < 4.78 is 1.86. The molecule has 0 aliphatic heterocycles. The van der Waals surface area contributed by atoms with E-state index >= 15 is 0 Å². The Kier molecular flexibility index (Phi) is 4.47. The van der Waals surface area contributed by atoms with Crippen molar-refractivity contribution in [2.75, 3.05) is 13.1 Å². The maximum absolute atomic E-state index is 12.2. The van der Waals surface area contributed by atoms with Crippen LogP contribution in [0, 0.1) is 0 Å². The van der Waals surface area contributed by atoms with E-state index in [9.17, 15) is 4.79 Å². The van der Waals surface area contributed by atoms with Crippen molar-refractivity contribution in [2.24, 2.45) is 7.05 Å². The first-order valence-electron chi connectivity index (χ1n) is 6.47. The largest absolute Gasteiger partial charge is 0.348 e. The first kappa shape index (κ1) is 13.5. The van der Waals surface area contributed by atoms with Crippen molar-refractivity contribution in [3.8, 4) is 0 Å². The van der Waals surface area contributed by atoms with E-state index in [0.29, 0.717) is 13.1 Å². The van der Waals surface area contributed by atoms with Gasteiger partial charge in [0, 0.05) is 26.0 Å². The molecule has 0 unspecified atom stereocenters. The van der Waals surface area contributed by atoms with Crippen LogP contribution in [0.1, 0.15) is 23.1 Å². The normalized spacial score (nSPS) is 10.9. The highest BCUT2D eigenvalue weighted by atomic mass is 16.1. The third kappa shape index (κ3) is 3.51. The lowest BCUT2D eigenvalue weighted by atomic mass is 10.2. The molecule has 0 radical (unpaired) electrons. The topological polar surface area (TPSA) is 38.1 Å². The number of ketones is 1. The molecule has 0 atom stereocenters. The van der Waals surface area contributed by atoms with Crippen LogP contribution in [0.5, 0.6) is 0 Å². The second kappa shape index (κ2) is 6.29. The minimum atomic E-state index is 0.144. The van der Waals surface area contributed by atoms with Crippen LogP contribution < -0.4 is 0 Å². The number of rotatable bonds is 6. The molecule has 0 aromatic carbocycles. The lowest BCUT2D eigenvalue weighted by Gasteiger charge is -2.19. The standard InChI is InChI=1S/C15H19N3O/c1-3-18(11-13-7-4-5-9-16-13)12-15(19)14-8-6-10-17(14)2/h4-10H,3,11-12H2,1-2H3. The Morgan fingerprint density at radius 3 is 2.74 bits per heavy atom. The fourth-order valence-electron chi connectivity index (χ4n) is 2.04. The zero-order chi connectivity index (χ0) is 13.7. The van der Waals surface area contributed by atoms with Gasteiger partial charge in [0.1, 0.15) is 0 Å². The van der Waals surface area contributed by atoms with Gasteiger partial charge in [0.05, 0.1) is 17.9 Å². The van der Waals surface area contributed by atoms with Gasteiger partial charge in [0.15, 0.2) is 5.78 Å². The molecule has 2 aromatic heterocycles. The van der Waals surface area contributed by atoms with E-state index in [1.165, 1.54) is 0 Å². The molecule has 0 saturated heterocycles. The molecule has 19 heavy (non-hydrogen) atoms. The lowest BCUT2D eigenvalue weighted by molar-refractivity contribution is 0.0920. The molecule has 0 bridgehead atoms. The van der Waals surface area contributed by atoms with Gasteiger partial charge in [-0.25, -0.2) is 0 Å². The number of hydrogen-bond acceptors (Lipinski definition) is 3. The van der Waals surface area contributed by atoms with E-state index < -0.39 is 0 Å². The zero-order valence-electron chi connectivity index (χ0n) is 11.4. The second-order valence-corrected chi connectivity index (χ2v) is 4.55. The molecule has 0 fully saturated rings. The predicted molar refractivity (Wildman–Crippen MR) is 74.9 cm³/mol. The minimum absolute atomic E-state index is 0.144. The first-order valence-corrected chi connectivity index (χ1v) is 6.47. The van der Waals surface area contributed by atoms with Crippen molar-refractivity contribution >= 4 is 5.78 Å². The van der Waals surface area contributed by atoms with E-state index in [4.69, 9.17) is 0 Å². The van der Waals surface area contributed by atoms with Gasteiger partial charge in [-0.2, -0.15) is 0 Å². The predicted octanol–water partition coefficient (Wildman–Crippen LogP) is 2.12. The Balaban J connectivity index is 2.00. The van der Waals surface area contributed by atoms with E-state index in [0.717, 1.165) is 17.9 Å². The summed E-state index contributed by atoms with van der Waals surface area (Å²) in [5.74, 6) is 0.144. The summed E-state index contributed by atoms with van der Waals surface area (Å²) in [6.07, 6.45) is 3.67. The van der Waals surface area contributed by atoms with Crippen LogP contribution >= 0.6 is 0 Å². The van der Waals surface area contributed by atoms with Crippen LogP contribution in [0.15, 0.2) is 42.7 Å². The molecule has 0 saturated carbocycles. The monoisotopic (exact) mass is 257 g/mol. The van der Waals surface area contributed by atoms with Crippen molar-refractivity contribution in [1.82, 2.24) is 14.5 Å². The van der Waals surface area contributed by atoms with Crippen LogP contribution in [0.4, 0.5) is 0 Å². The number of pyridine rings is 1. The fraction of sp³-hybridized carbons (Fsp3) is 0.333. The van der Waals surface area contributed by atoms with Gasteiger partial charge >= 0.3 is 0 Å². The summed E-state index contributed by atoms with van der Waals surface area (Å²) in [6, 6.07) is 9.60. The third-order valence-corrected chi connectivity index (χ3v) is 3.16. The Bertz CT molecular complexity index is 533. The van der Waals surface area contributed by atoms with Crippen LogP contribution in [0.25, 0.3) is 0 Å². The summed E-state index contributed by atoms with van der Waals surface area (Å²) in [4.78, 5) is 18.6. The highest BCUT2D eigenvalue weighted by molar-refractivity contribution is 5.96. The van der Waals surface area contributed by atoms with E-state index in [-0.39, 0.29) is 5.78 Å². The van der Waals surface area contributed by atoms with Gasteiger partial charge in [0.25, 0.3) is 0 Å². The minimum Gasteiger partial charge on any atom is -0.348 e. The van der Waals surface area contributed by atoms with Gasteiger partial charge in [-0.15, -0.1) is 0 Å². The highest BCUT2D eigenvalue weighted by Gasteiger charge is 2.14. The molecule has 100 valence electrons. The Hall–Kier alpha value is -1.94. The number of hydrogen-bond donors (Lipinski definition) is 0. The maximum atomic E-state index is 12.2. The molecule has 2 rings (SSSR count). The molecule has 4 nitrogen and oxygen atoms in total. The highest BCUT2D eigenvalue weighted by Crippen LogP contribution is 2.05. The van der Waals surface area contributed by atoms with E-state index in [1.807, 2.05) is 48.1 Å². The van der Waals surface area contributed by atoms with Crippen molar-refractivity contribution in [1.29, 1.82) is 0 Å². The zero-order valence-corrected chi connectivity index (χ0v) is 11.4. The van der Waals surface area contributed by atoms with Crippen molar-refractivity contribution in [3.05, 3.63) is 54.1 Å². The summed E-state index contributed by atoms with van der Waals surface area (Å²) in [5, 5.41) is 0. The van der Waals surface area contributed by atoms with E-state index in [2.05, 4.69) is 16.8 Å². The number of carbonyl (C=O) groups excluding carboxylic acids is 1. The molecule has 0 amide bonds. The average Bonchev–Trinajstić information content (AvgIpc) is 2.85. The van der Waals surface area contributed by atoms with E-state index in [1.54, 1.807) is 6.20 Å². The van der Waals surface area contributed by atoms with Crippen molar-refractivity contribution in [2.45, 2.75) is 13.5 Å². The van der Waals surface area contributed by atoms with Crippen LogP contribution in [0.2, 0.25) is 0 Å². The molecule has 0 aliphatic rings. The number of aromatic nitrogens is 2. The molecule has 0 spiro atoms. The number of aryl methyl sites for hydroxylation is 1. The van der Waals surface area contributed by atoms with Gasteiger partial charge in [-0.05, 0) is 30.8 Å². The first-order chi connectivity index (χ1) is 9.20. The van der Waals surface area contributed by atoms with Crippen molar-refractivity contribution < 1.29 is 4.79 Å².